The number of benzene rings is 3. The summed E-state index contributed by atoms with van der Waals surface area (Å²) in [5, 5.41) is 13.9. The summed E-state index contributed by atoms with van der Waals surface area (Å²) in [6.07, 6.45) is -1.39. The summed E-state index contributed by atoms with van der Waals surface area (Å²) >= 11 is 5.73. The summed E-state index contributed by atoms with van der Waals surface area (Å²) < 4.78 is 92.6. The maximum Gasteiger partial charge on any atom is 0.313 e. The van der Waals surface area contributed by atoms with Gasteiger partial charge in [0.15, 0.2) is 5.82 Å². The van der Waals surface area contributed by atoms with Gasteiger partial charge in [-0.2, -0.15) is 35.6 Å². The van der Waals surface area contributed by atoms with E-state index in [-0.39, 0.29) is 22.3 Å². The SMILES string of the molecule is O=C(Nc1ccc(S(=O)(=O)O)c2cc(S(=O)(=O)O)cc(O)c12)c1cccc(Nc2nc(F)nc(F)c2Cl)c1. The molecule has 0 unspecified atom stereocenters. The second-order valence-corrected chi connectivity index (χ2v) is 10.7. The van der Waals surface area contributed by atoms with Crippen molar-refractivity contribution in [2.45, 2.75) is 9.79 Å². The zero-order valence-electron chi connectivity index (χ0n) is 18.3. The summed E-state index contributed by atoms with van der Waals surface area (Å²) in [7, 11) is -9.83. The molecule has 0 aliphatic heterocycles. The number of halogens is 3. The Morgan fingerprint density at radius 1 is 0.947 bits per heavy atom. The number of nitrogens with zero attached hydrogens (tertiary/aromatic N) is 2. The number of rotatable bonds is 6. The van der Waals surface area contributed by atoms with Gasteiger partial charge in [-0.15, -0.1) is 0 Å². The fraction of sp³-hybridized carbons (Fsp3) is 0. The van der Waals surface area contributed by atoms with Crippen molar-refractivity contribution in [1.82, 2.24) is 9.97 Å². The summed E-state index contributed by atoms with van der Waals surface area (Å²) in [6, 6.07) is 8.59. The molecule has 0 atom stereocenters. The van der Waals surface area contributed by atoms with Crippen molar-refractivity contribution in [2.24, 2.45) is 0 Å². The summed E-state index contributed by atoms with van der Waals surface area (Å²) in [4.78, 5) is 17.5. The zero-order chi connectivity index (χ0) is 28.0. The number of aromatic nitrogens is 2. The molecule has 0 spiro atoms. The van der Waals surface area contributed by atoms with Crippen LogP contribution in [0.5, 0.6) is 5.75 Å². The van der Waals surface area contributed by atoms with Gasteiger partial charge in [-0.25, -0.2) is 0 Å². The zero-order valence-corrected chi connectivity index (χ0v) is 20.7. The molecule has 0 aliphatic rings. The molecule has 3 aromatic carbocycles. The van der Waals surface area contributed by atoms with E-state index in [1.165, 1.54) is 24.3 Å². The molecule has 4 aromatic rings. The van der Waals surface area contributed by atoms with Crippen LogP contribution in [-0.2, 0) is 20.2 Å². The molecule has 1 amide bonds. The van der Waals surface area contributed by atoms with Crippen LogP contribution in [0, 0.1) is 12.0 Å². The average Bonchev–Trinajstić information content (AvgIpc) is 2.81. The lowest BCUT2D eigenvalue weighted by molar-refractivity contribution is 0.102. The van der Waals surface area contributed by atoms with E-state index in [2.05, 4.69) is 20.6 Å². The van der Waals surface area contributed by atoms with Crippen LogP contribution in [0.1, 0.15) is 10.4 Å². The minimum Gasteiger partial charge on any atom is -0.507 e. The minimum absolute atomic E-state index is 0.0397. The Morgan fingerprint density at radius 2 is 1.66 bits per heavy atom. The van der Waals surface area contributed by atoms with Crippen molar-refractivity contribution in [3.63, 3.8) is 0 Å². The number of amides is 1. The summed E-state index contributed by atoms with van der Waals surface area (Å²) in [5.41, 5.74) is -0.107. The maximum absolute atomic E-state index is 13.6. The highest BCUT2D eigenvalue weighted by atomic mass is 35.5. The molecular weight excluding hydrogens is 574 g/mol. The molecule has 198 valence electrons. The number of phenolic OH excluding ortho intramolecular Hbond substituents is 1. The molecule has 12 nitrogen and oxygen atoms in total. The molecular formula is C21H13ClF2N4O8S2. The van der Waals surface area contributed by atoms with Crippen LogP contribution >= 0.6 is 11.6 Å². The minimum atomic E-state index is -4.93. The Bertz CT molecular complexity index is 1850. The fourth-order valence-electron chi connectivity index (χ4n) is 3.43. The largest absolute Gasteiger partial charge is 0.507 e. The molecule has 0 saturated carbocycles. The smallest absolute Gasteiger partial charge is 0.313 e. The number of hydrogen-bond acceptors (Lipinski definition) is 9. The maximum atomic E-state index is 13.6. The first-order chi connectivity index (χ1) is 17.6. The van der Waals surface area contributed by atoms with Gasteiger partial charge in [0, 0.05) is 28.1 Å². The number of carbonyl (C=O) groups is 1. The third kappa shape index (κ3) is 5.48. The quantitative estimate of drug-likeness (QED) is 0.125. The lowest BCUT2D eigenvalue weighted by atomic mass is 10.1. The molecule has 0 bridgehead atoms. The van der Waals surface area contributed by atoms with E-state index < -0.39 is 69.9 Å². The molecule has 1 aromatic heterocycles. The second kappa shape index (κ2) is 9.73. The number of hydrogen-bond donors (Lipinski definition) is 5. The van der Waals surface area contributed by atoms with Gasteiger partial charge in [0.05, 0.1) is 10.6 Å². The van der Waals surface area contributed by atoms with E-state index in [0.717, 1.165) is 12.1 Å². The first kappa shape index (κ1) is 27.1. The van der Waals surface area contributed by atoms with Crippen molar-refractivity contribution in [3.8, 4) is 5.75 Å². The molecule has 17 heteroatoms. The topological polar surface area (TPSA) is 196 Å². The van der Waals surface area contributed by atoms with Gasteiger partial charge in [-0.3, -0.25) is 13.9 Å². The van der Waals surface area contributed by atoms with Crippen LogP contribution in [0.3, 0.4) is 0 Å². The van der Waals surface area contributed by atoms with E-state index in [4.69, 9.17) is 11.6 Å². The van der Waals surface area contributed by atoms with E-state index in [9.17, 15) is 44.6 Å². The number of phenols is 1. The summed E-state index contributed by atoms with van der Waals surface area (Å²) in [6.45, 7) is 0. The molecule has 0 fully saturated rings. The van der Waals surface area contributed by atoms with Gasteiger partial charge in [0.2, 0.25) is 5.95 Å². The van der Waals surface area contributed by atoms with Gasteiger partial charge >= 0.3 is 6.08 Å². The number of carbonyl (C=O) groups excluding carboxylic acids is 1. The van der Waals surface area contributed by atoms with E-state index in [0.29, 0.717) is 12.1 Å². The van der Waals surface area contributed by atoms with Gasteiger partial charge in [0.1, 0.15) is 15.7 Å². The lowest BCUT2D eigenvalue weighted by Crippen LogP contribution is -2.13. The van der Waals surface area contributed by atoms with Crippen LogP contribution in [0.25, 0.3) is 10.8 Å². The molecule has 38 heavy (non-hydrogen) atoms. The van der Waals surface area contributed by atoms with Crippen molar-refractivity contribution in [2.75, 3.05) is 10.6 Å². The average molecular weight is 587 g/mol. The highest BCUT2D eigenvalue weighted by molar-refractivity contribution is 7.86. The molecule has 5 N–H and O–H groups in total. The number of fused-ring (bicyclic) bond motifs is 1. The first-order valence-electron chi connectivity index (χ1n) is 9.97. The first-order valence-corrected chi connectivity index (χ1v) is 13.2. The standard InChI is InChI=1S/C21H13ClF2N4O8S2/c22-17-18(23)27-21(24)28-19(17)25-10-3-1-2-9(6-10)20(30)26-13-4-5-15(38(34,35)36)12-7-11(37(31,32)33)8-14(29)16(12)13/h1-8,29H,(H,26,30)(H,25,27,28)(H,31,32,33)(H,34,35,36). The van der Waals surface area contributed by atoms with Gasteiger partial charge in [-0.1, -0.05) is 17.7 Å². The molecule has 0 saturated heterocycles. The number of nitrogens with one attached hydrogen (secondary N) is 2. The van der Waals surface area contributed by atoms with Crippen LogP contribution in [-0.4, -0.2) is 46.9 Å². The molecule has 0 radical (unpaired) electrons. The Hall–Kier alpha value is -3.96. The van der Waals surface area contributed by atoms with Gasteiger partial charge in [-0.05, 0) is 36.4 Å². The van der Waals surface area contributed by atoms with E-state index in [1.807, 2.05) is 0 Å². The highest BCUT2D eigenvalue weighted by Gasteiger charge is 2.23. The van der Waals surface area contributed by atoms with Crippen LogP contribution < -0.4 is 10.6 Å². The lowest BCUT2D eigenvalue weighted by Gasteiger charge is -2.14. The van der Waals surface area contributed by atoms with Crippen molar-refractivity contribution >= 4 is 65.7 Å². The Balaban J connectivity index is 1.74. The third-order valence-corrected chi connectivity index (χ3v) is 7.10. The normalized spacial score (nSPS) is 11.9. The predicted octanol–water partition coefficient (Wildman–Crippen LogP) is 3.76. The third-order valence-electron chi connectivity index (χ3n) is 5.02. The van der Waals surface area contributed by atoms with Crippen LogP contribution in [0.4, 0.5) is 26.0 Å². The second-order valence-electron chi connectivity index (χ2n) is 7.53. The predicted molar refractivity (Wildman–Crippen MR) is 130 cm³/mol. The van der Waals surface area contributed by atoms with E-state index in [1.54, 1.807) is 0 Å². The fourth-order valence-corrected chi connectivity index (χ4v) is 4.77. The molecule has 0 aliphatic carbocycles. The summed E-state index contributed by atoms with van der Waals surface area (Å²) in [5.74, 6) is -3.39. The number of anilines is 3. The van der Waals surface area contributed by atoms with E-state index >= 15 is 0 Å². The van der Waals surface area contributed by atoms with Gasteiger partial charge in [0.25, 0.3) is 26.1 Å². The Labute approximate surface area is 217 Å². The highest BCUT2D eigenvalue weighted by Crippen LogP contribution is 2.38. The van der Waals surface area contributed by atoms with Crippen molar-refractivity contribution < 1.29 is 44.6 Å². The van der Waals surface area contributed by atoms with Crippen LogP contribution in [0.15, 0.2) is 58.3 Å². The Morgan fingerprint density at radius 3 is 2.32 bits per heavy atom. The van der Waals surface area contributed by atoms with Crippen LogP contribution in [0.2, 0.25) is 5.02 Å². The van der Waals surface area contributed by atoms with Gasteiger partial charge < -0.3 is 15.7 Å². The van der Waals surface area contributed by atoms with Crippen molar-refractivity contribution in [3.05, 3.63) is 71.1 Å². The molecule has 4 rings (SSSR count). The Kier molecular flexibility index (Phi) is 6.94. The molecule has 1 heterocycles. The number of aromatic hydroxyl groups is 1. The van der Waals surface area contributed by atoms with Crippen molar-refractivity contribution in [1.29, 1.82) is 0 Å². The monoisotopic (exact) mass is 586 g/mol.